The molecule has 0 amide bonds. The van der Waals surface area contributed by atoms with E-state index in [0.29, 0.717) is 0 Å². The normalized spacial score (nSPS) is 11.7. The van der Waals surface area contributed by atoms with Crippen LogP contribution in [0.5, 0.6) is 0 Å². The number of para-hydroxylation sites is 1. The highest BCUT2D eigenvalue weighted by atomic mass is 32.1. The zero-order valence-corrected chi connectivity index (χ0v) is 32.8. The summed E-state index contributed by atoms with van der Waals surface area (Å²) in [6.45, 7) is 0. The van der Waals surface area contributed by atoms with E-state index in [-0.39, 0.29) is 0 Å². The molecule has 276 valence electrons. The van der Waals surface area contributed by atoms with Crippen LogP contribution in [-0.4, -0.2) is 0 Å². The van der Waals surface area contributed by atoms with Gasteiger partial charge in [0.05, 0.1) is 16.8 Å². The lowest BCUT2D eigenvalue weighted by Crippen LogP contribution is -2.13. The summed E-state index contributed by atoms with van der Waals surface area (Å²) < 4.78 is 9.19. The van der Waals surface area contributed by atoms with Crippen LogP contribution in [0.25, 0.3) is 97.0 Å². The van der Waals surface area contributed by atoms with Crippen LogP contribution in [0.1, 0.15) is 0 Å². The van der Waals surface area contributed by atoms with Crippen molar-refractivity contribution >= 4 is 92.1 Å². The van der Waals surface area contributed by atoms with E-state index in [1.807, 2.05) is 17.4 Å². The fraction of sp³-hybridized carbons (Fsp3) is 0. The van der Waals surface area contributed by atoms with E-state index in [0.717, 1.165) is 44.6 Å². The van der Waals surface area contributed by atoms with E-state index >= 15 is 0 Å². The minimum Gasteiger partial charge on any atom is -0.456 e. The number of rotatable bonds is 6. The predicted octanol–water partition coefficient (Wildman–Crippen LogP) is 16.7. The minimum absolute atomic E-state index is 0.862. The van der Waals surface area contributed by atoms with Crippen molar-refractivity contribution < 1.29 is 4.42 Å². The standard InChI is InChI=1S/C56H35NOS/c1-2-14-36(15-3-1)37-28-30-39(31-29-37)53-45-19-6-4-16-42(45)43-17-5-7-20-46(43)55(53)57(49-24-13-26-51-54(49)48-21-8-10-25-50(48)58-51)40-34-32-38(33-35-40)41-22-12-23-47-44-18-9-11-27-52(44)59-56(41)47/h1-35H. The van der Waals surface area contributed by atoms with Crippen molar-refractivity contribution in [3.05, 3.63) is 212 Å². The van der Waals surface area contributed by atoms with Gasteiger partial charge < -0.3 is 9.32 Å². The zero-order valence-electron chi connectivity index (χ0n) is 32.0. The molecular weight excluding hydrogens is 735 g/mol. The lowest BCUT2D eigenvalue weighted by Gasteiger charge is -2.31. The zero-order chi connectivity index (χ0) is 38.9. The highest BCUT2D eigenvalue weighted by Crippen LogP contribution is 2.52. The summed E-state index contributed by atoms with van der Waals surface area (Å²) >= 11 is 1.87. The molecule has 0 unspecified atom stereocenters. The third-order valence-electron chi connectivity index (χ3n) is 11.9. The number of thiophene rings is 1. The van der Waals surface area contributed by atoms with Crippen molar-refractivity contribution in [2.45, 2.75) is 0 Å². The van der Waals surface area contributed by atoms with Gasteiger partial charge in [-0.05, 0) is 80.4 Å². The molecular formula is C56H35NOS. The maximum absolute atomic E-state index is 6.56. The van der Waals surface area contributed by atoms with Gasteiger partial charge in [-0.1, -0.05) is 176 Å². The molecule has 59 heavy (non-hydrogen) atoms. The summed E-state index contributed by atoms with van der Waals surface area (Å²) in [5, 5.41) is 9.62. The molecule has 10 aromatic carbocycles. The Hall–Kier alpha value is -7.46. The van der Waals surface area contributed by atoms with Crippen LogP contribution in [-0.2, 0) is 0 Å². The average Bonchev–Trinajstić information content (AvgIpc) is 3.89. The predicted molar refractivity (Wildman–Crippen MR) is 253 cm³/mol. The van der Waals surface area contributed by atoms with Crippen LogP contribution in [0.15, 0.2) is 217 Å². The molecule has 2 nitrogen and oxygen atoms in total. The highest BCUT2D eigenvalue weighted by Gasteiger charge is 2.26. The molecule has 0 atom stereocenters. The number of nitrogens with zero attached hydrogens (tertiary/aromatic N) is 1. The fourth-order valence-electron chi connectivity index (χ4n) is 9.20. The molecule has 0 N–H and O–H groups in total. The summed E-state index contributed by atoms with van der Waals surface area (Å²) in [7, 11) is 0. The molecule has 12 aromatic rings. The van der Waals surface area contributed by atoms with Crippen LogP contribution in [0, 0.1) is 0 Å². The van der Waals surface area contributed by atoms with Crippen LogP contribution < -0.4 is 4.90 Å². The van der Waals surface area contributed by atoms with Crippen molar-refractivity contribution in [1.82, 2.24) is 0 Å². The first kappa shape index (κ1) is 33.7. The molecule has 0 saturated carbocycles. The van der Waals surface area contributed by atoms with Crippen molar-refractivity contribution in [2.75, 3.05) is 4.90 Å². The van der Waals surface area contributed by atoms with Gasteiger partial charge in [0.1, 0.15) is 11.2 Å². The molecule has 0 saturated heterocycles. The lowest BCUT2D eigenvalue weighted by molar-refractivity contribution is 0.669. The van der Waals surface area contributed by atoms with Crippen LogP contribution >= 0.6 is 11.3 Å². The maximum atomic E-state index is 6.56. The minimum atomic E-state index is 0.862. The fourth-order valence-corrected chi connectivity index (χ4v) is 10.4. The van der Waals surface area contributed by atoms with Gasteiger partial charge in [-0.15, -0.1) is 11.3 Å². The van der Waals surface area contributed by atoms with Gasteiger partial charge in [0.15, 0.2) is 0 Å². The molecule has 0 radical (unpaired) electrons. The Morgan fingerprint density at radius 2 is 0.915 bits per heavy atom. The molecule has 0 fully saturated rings. The molecule has 2 aromatic heterocycles. The second-order valence-electron chi connectivity index (χ2n) is 15.2. The van der Waals surface area contributed by atoms with Gasteiger partial charge in [0.25, 0.3) is 0 Å². The molecule has 0 spiro atoms. The Morgan fingerprint density at radius 3 is 1.71 bits per heavy atom. The van der Waals surface area contributed by atoms with Gasteiger partial charge in [-0.25, -0.2) is 0 Å². The number of hydrogen-bond acceptors (Lipinski definition) is 3. The van der Waals surface area contributed by atoms with E-state index in [4.69, 9.17) is 4.42 Å². The highest BCUT2D eigenvalue weighted by molar-refractivity contribution is 7.26. The topological polar surface area (TPSA) is 16.4 Å². The molecule has 0 aliphatic carbocycles. The number of furan rings is 1. The summed E-state index contributed by atoms with van der Waals surface area (Å²) in [6.07, 6.45) is 0. The molecule has 2 heterocycles. The Balaban J connectivity index is 1.15. The average molecular weight is 770 g/mol. The van der Waals surface area contributed by atoms with Crippen molar-refractivity contribution in [3.8, 4) is 33.4 Å². The van der Waals surface area contributed by atoms with Crippen molar-refractivity contribution in [2.24, 2.45) is 0 Å². The van der Waals surface area contributed by atoms with E-state index in [1.54, 1.807) is 0 Å². The molecule has 3 heteroatoms. The smallest absolute Gasteiger partial charge is 0.137 e. The third kappa shape index (κ3) is 5.40. The Morgan fingerprint density at radius 1 is 0.356 bits per heavy atom. The van der Waals surface area contributed by atoms with E-state index in [2.05, 4.69) is 211 Å². The Kier molecular flexibility index (Phi) is 7.75. The molecule has 0 aliphatic rings. The van der Waals surface area contributed by atoms with Crippen LogP contribution in [0.3, 0.4) is 0 Å². The Labute approximate surface area is 345 Å². The third-order valence-corrected chi connectivity index (χ3v) is 13.1. The summed E-state index contributed by atoms with van der Waals surface area (Å²) in [5.74, 6) is 0. The van der Waals surface area contributed by atoms with E-state index in [1.165, 1.54) is 69.5 Å². The second kappa shape index (κ2) is 13.6. The number of anilines is 3. The Bertz CT molecular complexity index is 3540. The quantitative estimate of drug-likeness (QED) is 0.157. The first-order valence-electron chi connectivity index (χ1n) is 20.1. The summed E-state index contributed by atoms with van der Waals surface area (Å²) in [6, 6.07) is 77.0. The molecule has 0 bridgehead atoms. The van der Waals surface area contributed by atoms with E-state index < -0.39 is 0 Å². The SMILES string of the molecule is c1ccc(-c2ccc(-c3c(N(c4ccc(-c5cccc6c5sc5ccccc56)cc4)c4cccc5oc6ccccc6c45)c4ccccc4c4ccccc34)cc2)cc1. The second-order valence-corrected chi connectivity index (χ2v) is 16.2. The van der Waals surface area contributed by atoms with Gasteiger partial charge in [-0.3, -0.25) is 0 Å². The maximum Gasteiger partial charge on any atom is 0.137 e. The number of fused-ring (bicyclic) bond motifs is 9. The van der Waals surface area contributed by atoms with Crippen LogP contribution in [0.2, 0.25) is 0 Å². The first-order valence-corrected chi connectivity index (χ1v) is 20.9. The number of hydrogen-bond donors (Lipinski definition) is 0. The van der Waals surface area contributed by atoms with Gasteiger partial charge >= 0.3 is 0 Å². The summed E-state index contributed by atoms with van der Waals surface area (Å²) in [4.78, 5) is 2.49. The monoisotopic (exact) mass is 769 g/mol. The van der Waals surface area contributed by atoms with Gasteiger partial charge in [-0.2, -0.15) is 0 Å². The van der Waals surface area contributed by atoms with Gasteiger partial charge in [0.2, 0.25) is 0 Å². The molecule has 12 rings (SSSR count). The van der Waals surface area contributed by atoms with E-state index in [9.17, 15) is 0 Å². The summed E-state index contributed by atoms with van der Waals surface area (Å²) in [5.41, 5.74) is 12.2. The lowest BCUT2D eigenvalue weighted by atomic mass is 9.89. The van der Waals surface area contributed by atoms with Crippen LogP contribution in [0.4, 0.5) is 17.1 Å². The van der Waals surface area contributed by atoms with Gasteiger partial charge in [0, 0.05) is 42.2 Å². The largest absolute Gasteiger partial charge is 0.456 e. The first-order chi connectivity index (χ1) is 29.3. The molecule has 0 aliphatic heterocycles. The van der Waals surface area contributed by atoms with Crippen molar-refractivity contribution in [3.63, 3.8) is 0 Å². The number of benzene rings is 10. The van der Waals surface area contributed by atoms with Crippen molar-refractivity contribution in [1.29, 1.82) is 0 Å².